The van der Waals surface area contributed by atoms with E-state index in [2.05, 4.69) is 15.8 Å². The molecule has 5 nitrogen and oxygen atoms in total. The average Bonchev–Trinajstić information content (AvgIpc) is 2.99. The van der Waals surface area contributed by atoms with E-state index in [1.165, 1.54) is 0 Å². The third-order valence-corrected chi connectivity index (χ3v) is 2.65. The van der Waals surface area contributed by atoms with Crippen molar-refractivity contribution in [2.24, 2.45) is 5.10 Å². The molecule has 0 radical (unpaired) electrons. The van der Waals surface area contributed by atoms with Gasteiger partial charge in [0, 0.05) is 13.2 Å². The molecule has 0 amide bonds. The van der Waals surface area contributed by atoms with E-state index in [-0.39, 0.29) is 6.10 Å². The first-order chi connectivity index (χ1) is 8.34. The van der Waals surface area contributed by atoms with Gasteiger partial charge in [-0.25, -0.2) is 0 Å². The first-order valence-corrected chi connectivity index (χ1v) is 5.97. The van der Waals surface area contributed by atoms with Gasteiger partial charge in [0.2, 0.25) is 0 Å². The molecule has 17 heavy (non-hydrogen) atoms. The Labute approximate surface area is 105 Å². The number of ether oxygens (including phenoxy) is 1. The van der Waals surface area contributed by atoms with Gasteiger partial charge in [-0.05, 0) is 37.2 Å². The highest BCUT2D eigenvalue weighted by Gasteiger charge is 2.14. The Kier molecular flexibility index (Phi) is 4.52. The summed E-state index contributed by atoms with van der Waals surface area (Å²) in [4.78, 5) is 0. The zero-order valence-corrected chi connectivity index (χ0v) is 10.2. The summed E-state index contributed by atoms with van der Waals surface area (Å²) in [6, 6.07) is 3.61. The van der Waals surface area contributed by atoms with Gasteiger partial charge in [0.05, 0.1) is 18.6 Å². The van der Waals surface area contributed by atoms with Crippen molar-refractivity contribution < 1.29 is 9.15 Å². The number of hydrogen-bond acceptors (Lipinski definition) is 4. The summed E-state index contributed by atoms with van der Waals surface area (Å²) in [5.74, 6) is 0.680. The smallest absolute Gasteiger partial charge is 0.187 e. The van der Waals surface area contributed by atoms with Crippen molar-refractivity contribution in [2.75, 3.05) is 13.2 Å². The Morgan fingerprint density at radius 1 is 1.65 bits per heavy atom. The molecule has 0 aliphatic carbocycles. The molecule has 2 heterocycles. The van der Waals surface area contributed by atoms with Crippen LogP contribution in [0.2, 0.25) is 0 Å². The topological polar surface area (TPSA) is 58.8 Å². The van der Waals surface area contributed by atoms with Crippen LogP contribution in [-0.2, 0) is 4.74 Å². The van der Waals surface area contributed by atoms with Gasteiger partial charge in [-0.15, -0.1) is 0 Å². The Hall–Kier alpha value is -1.40. The maximum atomic E-state index is 5.46. The lowest BCUT2D eigenvalue weighted by molar-refractivity contribution is 0.114. The molecule has 0 spiro atoms. The molecule has 0 saturated carbocycles. The molecule has 1 atom stereocenters. The van der Waals surface area contributed by atoms with Crippen LogP contribution >= 0.6 is 12.2 Å². The van der Waals surface area contributed by atoms with Crippen LogP contribution in [0.5, 0.6) is 0 Å². The first kappa shape index (κ1) is 12.1. The van der Waals surface area contributed by atoms with Gasteiger partial charge in [-0.2, -0.15) is 5.10 Å². The van der Waals surface area contributed by atoms with Crippen molar-refractivity contribution in [3.05, 3.63) is 24.2 Å². The SMILES string of the molecule is S=C(NC[C@@H]1CCCO1)N/N=C\c1ccco1. The number of hydrogen-bond donors (Lipinski definition) is 2. The Bertz CT molecular complexity index is 372. The summed E-state index contributed by atoms with van der Waals surface area (Å²) >= 11 is 5.06. The number of rotatable bonds is 4. The molecule has 2 rings (SSSR count). The molecule has 1 aliphatic heterocycles. The maximum Gasteiger partial charge on any atom is 0.187 e. The predicted molar refractivity (Wildman–Crippen MR) is 69.0 cm³/mol. The largest absolute Gasteiger partial charge is 0.463 e. The molecule has 1 aliphatic rings. The second kappa shape index (κ2) is 6.36. The van der Waals surface area contributed by atoms with Crippen molar-refractivity contribution in [3.8, 4) is 0 Å². The zero-order valence-electron chi connectivity index (χ0n) is 9.39. The van der Waals surface area contributed by atoms with Gasteiger partial charge in [0.25, 0.3) is 0 Å². The quantitative estimate of drug-likeness (QED) is 0.480. The molecule has 6 heteroatoms. The summed E-state index contributed by atoms with van der Waals surface area (Å²) in [7, 11) is 0. The van der Waals surface area contributed by atoms with E-state index < -0.39 is 0 Å². The second-order valence-corrected chi connectivity index (χ2v) is 4.14. The highest BCUT2D eigenvalue weighted by molar-refractivity contribution is 7.80. The zero-order chi connectivity index (χ0) is 11.9. The number of nitrogens with zero attached hydrogens (tertiary/aromatic N) is 1. The standard InChI is InChI=1S/C11H15N3O2S/c17-11(12-7-9-3-1-5-15-9)14-13-8-10-4-2-6-16-10/h2,4,6,8-9H,1,3,5,7H2,(H2,12,14,17)/b13-8-/t9-/m0/s1. The monoisotopic (exact) mass is 253 g/mol. The Morgan fingerprint density at radius 2 is 2.59 bits per heavy atom. The van der Waals surface area contributed by atoms with Crippen LogP contribution in [0.1, 0.15) is 18.6 Å². The van der Waals surface area contributed by atoms with Gasteiger partial charge in [-0.3, -0.25) is 5.43 Å². The lowest BCUT2D eigenvalue weighted by Crippen LogP contribution is -2.37. The minimum Gasteiger partial charge on any atom is -0.463 e. The van der Waals surface area contributed by atoms with Crippen LogP contribution in [0, 0.1) is 0 Å². The van der Waals surface area contributed by atoms with Crippen molar-refractivity contribution in [2.45, 2.75) is 18.9 Å². The van der Waals surface area contributed by atoms with Gasteiger partial charge in [-0.1, -0.05) is 0 Å². The summed E-state index contributed by atoms with van der Waals surface area (Å²) in [5.41, 5.74) is 2.72. The second-order valence-electron chi connectivity index (χ2n) is 3.73. The van der Waals surface area contributed by atoms with Gasteiger partial charge in [0.1, 0.15) is 5.76 Å². The molecule has 1 aromatic rings. The Morgan fingerprint density at radius 3 is 3.29 bits per heavy atom. The highest BCUT2D eigenvalue weighted by atomic mass is 32.1. The van der Waals surface area contributed by atoms with Crippen molar-refractivity contribution in [1.82, 2.24) is 10.7 Å². The molecule has 92 valence electrons. The van der Waals surface area contributed by atoms with Gasteiger partial charge in [0.15, 0.2) is 5.11 Å². The van der Waals surface area contributed by atoms with Crippen LogP contribution in [0.25, 0.3) is 0 Å². The minimum atomic E-state index is 0.267. The van der Waals surface area contributed by atoms with E-state index in [1.807, 2.05) is 6.07 Å². The number of hydrazone groups is 1. The summed E-state index contributed by atoms with van der Waals surface area (Å²) < 4.78 is 10.5. The molecule has 0 aromatic carbocycles. The molecule has 1 fully saturated rings. The summed E-state index contributed by atoms with van der Waals surface area (Å²) in [5, 5.41) is 7.49. The lowest BCUT2D eigenvalue weighted by atomic mass is 10.2. The van der Waals surface area contributed by atoms with E-state index >= 15 is 0 Å². The fourth-order valence-corrected chi connectivity index (χ4v) is 1.71. The lowest BCUT2D eigenvalue weighted by Gasteiger charge is -2.11. The van der Waals surface area contributed by atoms with E-state index in [0.717, 1.165) is 26.0 Å². The van der Waals surface area contributed by atoms with Crippen molar-refractivity contribution in [3.63, 3.8) is 0 Å². The Balaban J connectivity index is 1.63. The predicted octanol–water partition coefficient (Wildman–Crippen LogP) is 1.26. The number of thiocarbonyl (C=S) groups is 1. The summed E-state index contributed by atoms with van der Waals surface area (Å²) in [6.45, 7) is 1.57. The fraction of sp³-hybridized carbons (Fsp3) is 0.455. The van der Waals surface area contributed by atoms with Crippen LogP contribution in [0.15, 0.2) is 27.9 Å². The third-order valence-electron chi connectivity index (χ3n) is 2.42. The van der Waals surface area contributed by atoms with E-state index in [4.69, 9.17) is 21.4 Å². The minimum absolute atomic E-state index is 0.267. The normalized spacial score (nSPS) is 19.6. The number of furan rings is 1. The summed E-state index contributed by atoms with van der Waals surface area (Å²) in [6.07, 6.45) is 5.65. The van der Waals surface area contributed by atoms with E-state index in [0.29, 0.717) is 10.9 Å². The fourth-order valence-electron chi connectivity index (χ4n) is 1.57. The molecule has 2 N–H and O–H groups in total. The van der Waals surface area contributed by atoms with Gasteiger partial charge < -0.3 is 14.5 Å². The third kappa shape index (κ3) is 4.16. The molecule has 0 bridgehead atoms. The number of nitrogens with one attached hydrogen (secondary N) is 2. The van der Waals surface area contributed by atoms with Gasteiger partial charge >= 0.3 is 0 Å². The molecule has 1 saturated heterocycles. The van der Waals surface area contributed by atoms with Crippen molar-refractivity contribution >= 4 is 23.5 Å². The van der Waals surface area contributed by atoms with Crippen molar-refractivity contribution in [1.29, 1.82) is 0 Å². The van der Waals surface area contributed by atoms with E-state index in [9.17, 15) is 0 Å². The van der Waals surface area contributed by atoms with E-state index in [1.54, 1.807) is 18.5 Å². The average molecular weight is 253 g/mol. The van der Waals surface area contributed by atoms with Crippen LogP contribution in [0.4, 0.5) is 0 Å². The molecular weight excluding hydrogens is 238 g/mol. The highest BCUT2D eigenvalue weighted by Crippen LogP contribution is 2.10. The first-order valence-electron chi connectivity index (χ1n) is 5.56. The molecular formula is C11H15N3O2S. The van der Waals surface area contributed by atoms with Crippen LogP contribution < -0.4 is 10.7 Å². The van der Waals surface area contributed by atoms with Crippen LogP contribution in [-0.4, -0.2) is 30.6 Å². The maximum absolute atomic E-state index is 5.46. The molecule has 0 unspecified atom stereocenters. The molecule has 1 aromatic heterocycles. The van der Waals surface area contributed by atoms with Crippen LogP contribution in [0.3, 0.4) is 0 Å².